The Balaban J connectivity index is 2.35. The first-order valence-corrected chi connectivity index (χ1v) is 4.60. The summed E-state index contributed by atoms with van der Waals surface area (Å²) < 4.78 is 10.8. The molecule has 3 nitrogen and oxygen atoms in total. The van der Waals surface area contributed by atoms with Gasteiger partial charge in [-0.1, -0.05) is 0 Å². The smallest absolute Gasteiger partial charge is 0.0935 e. The number of rotatable bonds is 2. The van der Waals surface area contributed by atoms with E-state index < -0.39 is 0 Å². The monoisotopic (exact) mass is 173 g/mol. The Morgan fingerprint density at radius 3 is 2.92 bits per heavy atom. The zero-order valence-electron chi connectivity index (χ0n) is 8.17. The molecule has 1 rings (SSSR count). The Bertz CT molecular complexity index is 130. The van der Waals surface area contributed by atoms with E-state index in [0.29, 0.717) is 18.8 Å². The van der Waals surface area contributed by atoms with Crippen molar-refractivity contribution in [2.24, 2.45) is 0 Å². The number of hydrogen-bond acceptors (Lipinski definition) is 3. The molecule has 0 amide bonds. The molecule has 3 atom stereocenters. The number of hydrogen-bond donors (Lipinski definition) is 1. The summed E-state index contributed by atoms with van der Waals surface area (Å²) in [6.45, 7) is 5.89. The van der Waals surface area contributed by atoms with Gasteiger partial charge in [-0.25, -0.2) is 0 Å². The molecular weight excluding hydrogens is 154 g/mol. The lowest BCUT2D eigenvalue weighted by atomic mass is 10.2. The van der Waals surface area contributed by atoms with Crippen molar-refractivity contribution in [2.75, 3.05) is 20.3 Å². The molecule has 0 aromatic rings. The van der Waals surface area contributed by atoms with Gasteiger partial charge in [0.25, 0.3) is 0 Å². The van der Waals surface area contributed by atoms with Crippen LogP contribution in [0.15, 0.2) is 0 Å². The van der Waals surface area contributed by atoms with Crippen LogP contribution in [0.1, 0.15) is 20.3 Å². The van der Waals surface area contributed by atoms with Gasteiger partial charge in [-0.2, -0.15) is 0 Å². The zero-order chi connectivity index (χ0) is 8.97. The third-order valence-corrected chi connectivity index (χ3v) is 2.16. The molecule has 0 bridgehead atoms. The Kier molecular flexibility index (Phi) is 3.98. The van der Waals surface area contributed by atoms with Crippen LogP contribution in [0.5, 0.6) is 0 Å². The molecule has 1 aliphatic rings. The van der Waals surface area contributed by atoms with Gasteiger partial charge in [-0.3, -0.25) is 0 Å². The van der Waals surface area contributed by atoms with Crippen molar-refractivity contribution in [2.45, 2.75) is 38.5 Å². The minimum Gasteiger partial charge on any atom is -0.382 e. The fourth-order valence-corrected chi connectivity index (χ4v) is 1.63. The summed E-state index contributed by atoms with van der Waals surface area (Å²) in [7, 11) is 1.71. The molecule has 3 unspecified atom stereocenters. The van der Waals surface area contributed by atoms with Gasteiger partial charge in [-0.15, -0.1) is 0 Å². The maximum Gasteiger partial charge on any atom is 0.0935 e. The second-order valence-corrected chi connectivity index (χ2v) is 3.57. The summed E-state index contributed by atoms with van der Waals surface area (Å²) in [6, 6.07) is 0.557. The van der Waals surface area contributed by atoms with Crippen LogP contribution >= 0.6 is 0 Å². The lowest BCUT2D eigenvalue weighted by Crippen LogP contribution is -2.33. The van der Waals surface area contributed by atoms with Crippen LogP contribution in [0.25, 0.3) is 0 Å². The highest BCUT2D eigenvalue weighted by molar-refractivity contribution is 4.74. The van der Waals surface area contributed by atoms with Gasteiger partial charge in [-0.05, 0) is 20.3 Å². The Labute approximate surface area is 74.4 Å². The summed E-state index contributed by atoms with van der Waals surface area (Å²) in [4.78, 5) is 0. The van der Waals surface area contributed by atoms with Gasteiger partial charge < -0.3 is 14.8 Å². The summed E-state index contributed by atoms with van der Waals surface area (Å²) in [6.07, 6.45) is 1.64. The number of nitrogens with one attached hydrogen (secondary N) is 1. The van der Waals surface area contributed by atoms with Crippen LogP contribution in [0.2, 0.25) is 0 Å². The topological polar surface area (TPSA) is 30.5 Å². The first kappa shape index (κ1) is 9.96. The quantitative estimate of drug-likeness (QED) is 0.669. The predicted octanol–water partition coefficient (Wildman–Crippen LogP) is 0.788. The highest BCUT2D eigenvalue weighted by Gasteiger charge is 2.20. The van der Waals surface area contributed by atoms with Crippen LogP contribution in [0.3, 0.4) is 0 Å². The molecule has 0 aromatic heterocycles. The van der Waals surface area contributed by atoms with E-state index in [4.69, 9.17) is 9.47 Å². The SMILES string of the molecule is COCC1CNC(C)CC(C)O1. The normalized spacial score (nSPS) is 37.8. The third kappa shape index (κ3) is 3.09. The molecular formula is C9H19NO2. The van der Waals surface area contributed by atoms with E-state index in [1.54, 1.807) is 7.11 Å². The lowest BCUT2D eigenvalue weighted by Gasteiger charge is -2.17. The molecule has 0 aromatic carbocycles. The first-order valence-electron chi connectivity index (χ1n) is 4.60. The van der Waals surface area contributed by atoms with Crippen LogP contribution < -0.4 is 5.32 Å². The molecule has 0 radical (unpaired) electrons. The van der Waals surface area contributed by atoms with E-state index in [1.807, 2.05) is 0 Å². The Hall–Kier alpha value is -0.120. The maximum absolute atomic E-state index is 5.73. The minimum absolute atomic E-state index is 0.218. The van der Waals surface area contributed by atoms with E-state index >= 15 is 0 Å². The molecule has 1 N–H and O–H groups in total. The van der Waals surface area contributed by atoms with Crippen molar-refractivity contribution in [3.63, 3.8) is 0 Å². The third-order valence-electron chi connectivity index (χ3n) is 2.16. The second-order valence-electron chi connectivity index (χ2n) is 3.57. The summed E-state index contributed by atoms with van der Waals surface area (Å²) >= 11 is 0. The minimum atomic E-state index is 0.218. The molecule has 1 saturated heterocycles. The first-order chi connectivity index (χ1) is 5.72. The average Bonchev–Trinajstić information content (AvgIpc) is 2.13. The van der Waals surface area contributed by atoms with Gasteiger partial charge in [0.2, 0.25) is 0 Å². The largest absolute Gasteiger partial charge is 0.382 e. The number of ether oxygens (including phenoxy) is 2. The van der Waals surface area contributed by atoms with E-state index in [-0.39, 0.29) is 6.10 Å². The second kappa shape index (κ2) is 4.80. The molecule has 12 heavy (non-hydrogen) atoms. The van der Waals surface area contributed by atoms with Crippen LogP contribution in [0.4, 0.5) is 0 Å². The molecule has 72 valence electrons. The standard InChI is InChI=1S/C9H19NO2/c1-7-4-8(2)12-9(5-10-7)6-11-3/h7-10H,4-6H2,1-3H3. The van der Waals surface area contributed by atoms with Crippen molar-refractivity contribution in [1.29, 1.82) is 0 Å². The van der Waals surface area contributed by atoms with E-state index in [9.17, 15) is 0 Å². The predicted molar refractivity (Wildman–Crippen MR) is 48.3 cm³/mol. The van der Waals surface area contributed by atoms with Crippen LogP contribution in [-0.2, 0) is 9.47 Å². The van der Waals surface area contributed by atoms with Crippen LogP contribution in [-0.4, -0.2) is 38.5 Å². The van der Waals surface area contributed by atoms with Gasteiger partial charge in [0.15, 0.2) is 0 Å². The van der Waals surface area contributed by atoms with E-state index in [1.165, 1.54) is 0 Å². The average molecular weight is 173 g/mol. The zero-order valence-corrected chi connectivity index (χ0v) is 8.17. The maximum atomic E-state index is 5.73. The molecule has 1 aliphatic heterocycles. The van der Waals surface area contributed by atoms with Crippen molar-refractivity contribution < 1.29 is 9.47 Å². The molecule has 0 spiro atoms. The molecule has 1 heterocycles. The van der Waals surface area contributed by atoms with E-state index in [0.717, 1.165) is 13.0 Å². The van der Waals surface area contributed by atoms with Crippen LogP contribution in [0, 0.1) is 0 Å². The van der Waals surface area contributed by atoms with Gasteiger partial charge in [0, 0.05) is 19.7 Å². The fourth-order valence-electron chi connectivity index (χ4n) is 1.63. The van der Waals surface area contributed by atoms with Crippen molar-refractivity contribution in [1.82, 2.24) is 5.32 Å². The van der Waals surface area contributed by atoms with Crippen molar-refractivity contribution in [3.8, 4) is 0 Å². The summed E-state index contributed by atoms with van der Waals surface area (Å²) in [5.74, 6) is 0. The lowest BCUT2D eigenvalue weighted by molar-refractivity contribution is -0.0311. The highest BCUT2D eigenvalue weighted by Crippen LogP contribution is 2.09. The highest BCUT2D eigenvalue weighted by atomic mass is 16.5. The van der Waals surface area contributed by atoms with Gasteiger partial charge in [0.05, 0.1) is 18.8 Å². The van der Waals surface area contributed by atoms with E-state index in [2.05, 4.69) is 19.2 Å². The van der Waals surface area contributed by atoms with Gasteiger partial charge in [0.1, 0.15) is 0 Å². The fraction of sp³-hybridized carbons (Fsp3) is 1.00. The van der Waals surface area contributed by atoms with Crippen molar-refractivity contribution >= 4 is 0 Å². The molecule has 1 fully saturated rings. The molecule has 3 heteroatoms. The summed E-state index contributed by atoms with van der Waals surface area (Å²) in [5, 5.41) is 3.40. The Morgan fingerprint density at radius 2 is 2.25 bits per heavy atom. The molecule has 0 aliphatic carbocycles. The summed E-state index contributed by atoms with van der Waals surface area (Å²) in [5.41, 5.74) is 0. The van der Waals surface area contributed by atoms with Gasteiger partial charge >= 0.3 is 0 Å². The molecule has 0 saturated carbocycles. The Morgan fingerprint density at radius 1 is 1.50 bits per heavy atom. The van der Waals surface area contributed by atoms with Crippen molar-refractivity contribution in [3.05, 3.63) is 0 Å². The number of methoxy groups -OCH3 is 1.